The van der Waals surface area contributed by atoms with Crippen LogP contribution in [0.15, 0.2) is 24.3 Å². The van der Waals surface area contributed by atoms with Crippen molar-refractivity contribution in [3.63, 3.8) is 0 Å². The Bertz CT molecular complexity index is 442. The number of nitrogens with one attached hydrogen (secondary N) is 1. The summed E-state index contributed by atoms with van der Waals surface area (Å²) in [5.74, 6) is 0.929. The van der Waals surface area contributed by atoms with Gasteiger partial charge in [-0.15, -0.1) is 0 Å². The molecule has 1 aliphatic carbocycles. The average molecular weight is 277 g/mol. The minimum Gasteiger partial charge on any atom is -0.489 e. The van der Waals surface area contributed by atoms with Gasteiger partial charge in [0, 0.05) is 18.1 Å². The number of benzene rings is 1. The van der Waals surface area contributed by atoms with E-state index in [0.29, 0.717) is 12.1 Å². The van der Waals surface area contributed by atoms with Crippen LogP contribution in [0, 0.1) is 5.41 Å². The van der Waals surface area contributed by atoms with Crippen molar-refractivity contribution in [2.75, 3.05) is 11.9 Å². The maximum absolute atomic E-state index is 5.86. The van der Waals surface area contributed by atoms with Gasteiger partial charge in [0.25, 0.3) is 0 Å². The summed E-state index contributed by atoms with van der Waals surface area (Å²) < 4.78 is 11.6. The van der Waals surface area contributed by atoms with E-state index in [9.17, 15) is 0 Å². The van der Waals surface area contributed by atoms with Gasteiger partial charge in [-0.3, -0.25) is 0 Å². The number of para-hydroxylation sites is 2. The molecule has 0 bridgehead atoms. The molecule has 112 valence electrons. The number of hydrogen-bond donors (Lipinski definition) is 1. The summed E-state index contributed by atoms with van der Waals surface area (Å²) in [6.07, 6.45) is 1.59. The molecule has 0 spiro atoms. The fourth-order valence-corrected chi connectivity index (χ4v) is 2.74. The van der Waals surface area contributed by atoms with E-state index in [1.165, 1.54) is 0 Å². The lowest BCUT2D eigenvalue weighted by Gasteiger charge is -2.52. The van der Waals surface area contributed by atoms with Gasteiger partial charge in [0.05, 0.1) is 17.9 Å². The SMILES string of the molecule is CCOC1CC(Nc2ccccc2OC(C)C)C1(C)C. The molecule has 0 amide bonds. The van der Waals surface area contributed by atoms with Crippen LogP contribution in [0.2, 0.25) is 0 Å². The van der Waals surface area contributed by atoms with E-state index in [4.69, 9.17) is 9.47 Å². The molecule has 1 saturated carbocycles. The first kappa shape index (κ1) is 15.2. The van der Waals surface area contributed by atoms with Crippen LogP contribution < -0.4 is 10.1 Å². The number of ether oxygens (including phenoxy) is 2. The summed E-state index contributed by atoms with van der Waals surface area (Å²) in [4.78, 5) is 0. The van der Waals surface area contributed by atoms with Crippen molar-refractivity contribution < 1.29 is 9.47 Å². The van der Waals surface area contributed by atoms with Crippen LogP contribution in [0.1, 0.15) is 41.0 Å². The standard InChI is InChI=1S/C17H27NO2/c1-6-19-16-11-15(17(16,4)5)18-13-9-7-8-10-14(13)20-12(2)3/h7-10,12,15-16,18H,6,11H2,1-5H3. The normalized spacial score (nSPS) is 24.3. The molecule has 0 heterocycles. The van der Waals surface area contributed by atoms with E-state index in [2.05, 4.69) is 46.0 Å². The minimum atomic E-state index is 0.154. The van der Waals surface area contributed by atoms with E-state index in [1.807, 2.05) is 18.2 Å². The summed E-state index contributed by atoms with van der Waals surface area (Å²) in [5, 5.41) is 3.63. The molecule has 0 aromatic heterocycles. The van der Waals surface area contributed by atoms with Gasteiger partial charge >= 0.3 is 0 Å². The molecule has 2 rings (SSSR count). The molecule has 0 saturated heterocycles. The second-order valence-electron chi connectivity index (χ2n) is 6.36. The van der Waals surface area contributed by atoms with Crippen molar-refractivity contribution in [2.24, 2.45) is 5.41 Å². The van der Waals surface area contributed by atoms with Crippen molar-refractivity contribution in [1.29, 1.82) is 0 Å². The van der Waals surface area contributed by atoms with Gasteiger partial charge in [0.15, 0.2) is 0 Å². The summed E-state index contributed by atoms with van der Waals surface area (Å²) in [6, 6.07) is 8.59. The fourth-order valence-electron chi connectivity index (χ4n) is 2.74. The molecule has 1 aromatic carbocycles. The highest BCUT2D eigenvalue weighted by Crippen LogP contribution is 2.45. The van der Waals surface area contributed by atoms with Gasteiger partial charge in [-0.05, 0) is 39.3 Å². The van der Waals surface area contributed by atoms with E-state index in [1.54, 1.807) is 0 Å². The van der Waals surface area contributed by atoms with Crippen LogP contribution >= 0.6 is 0 Å². The third-order valence-electron chi connectivity index (χ3n) is 4.13. The summed E-state index contributed by atoms with van der Waals surface area (Å²) in [7, 11) is 0. The van der Waals surface area contributed by atoms with Gasteiger partial charge in [0.2, 0.25) is 0 Å². The van der Waals surface area contributed by atoms with Crippen molar-refractivity contribution in [2.45, 2.75) is 59.3 Å². The summed E-state index contributed by atoms with van der Waals surface area (Å²) in [5.41, 5.74) is 1.23. The van der Waals surface area contributed by atoms with E-state index < -0.39 is 0 Å². The highest BCUT2D eigenvalue weighted by molar-refractivity contribution is 5.57. The second kappa shape index (κ2) is 6.04. The third-order valence-corrected chi connectivity index (χ3v) is 4.13. The minimum absolute atomic E-state index is 0.154. The number of rotatable bonds is 6. The van der Waals surface area contributed by atoms with Crippen molar-refractivity contribution in [3.05, 3.63) is 24.3 Å². The van der Waals surface area contributed by atoms with Crippen LogP contribution in [0.4, 0.5) is 5.69 Å². The van der Waals surface area contributed by atoms with Gasteiger partial charge in [0.1, 0.15) is 5.75 Å². The molecule has 20 heavy (non-hydrogen) atoms. The highest BCUT2D eigenvalue weighted by atomic mass is 16.5. The van der Waals surface area contributed by atoms with Crippen molar-refractivity contribution >= 4 is 5.69 Å². The Kier molecular flexibility index (Phi) is 4.59. The first-order valence-electron chi connectivity index (χ1n) is 7.59. The molecule has 3 nitrogen and oxygen atoms in total. The topological polar surface area (TPSA) is 30.5 Å². The third kappa shape index (κ3) is 3.09. The first-order chi connectivity index (χ1) is 9.45. The Morgan fingerprint density at radius 2 is 2.00 bits per heavy atom. The van der Waals surface area contributed by atoms with Crippen molar-refractivity contribution in [1.82, 2.24) is 0 Å². The number of anilines is 1. The summed E-state index contributed by atoms with van der Waals surface area (Å²) >= 11 is 0. The van der Waals surface area contributed by atoms with Crippen LogP contribution in [-0.2, 0) is 4.74 Å². The second-order valence-corrected chi connectivity index (χ2v) is 6.36. The summed E-state index contributed by atoms with van der Waals surface area (Å²) in [6.45, 7) is 11.5. The average Bonchev–Trinajstić information content (AvgIpc) is 2.39. The molecule has 3 heteroatoms. The monoisotopic (exact) mass is 277 g/mol. The van der Waals surface area contributed by atoms with Crippen LogP contribution in [-0.4, -0.2) is 24.9 Å². The van der Waals surface area contributed by atoms with Gasteiger partial charge in [-0.1, -0.05) is 26.0 Å². The maximum Gasteiger partial charge on any atom is 0.142 e. The molecular weight excluding hydrogens is 250 g/mol. The zero-order valence-electron chi connectivity index (χ0n) is 13.3. The molecule has 0 radical (unpaired) electrons. The van der Waals surface area contributed by atoms with E-state index in [-0.39, 0.29) is 11.5 Å². The molecule has 1 aliphatic rings. The Labute approximate surface area is 122 Å². The molecule has 1 fully saturated rings. The zero-order valence-corrected chi connectivity index (χ0v) is 13.3. The molecule has 0 aliphatic heterocycles. The smallest absolute Gasteiger partial charge is 0.142 e. The lowest BCUT2D eigenvalue weighted by Crippen LogP contribution is -2.58. The predicted octanol–water partition coefficient (Wildman–Crippen LogP) is 4.09. The number of hydrogen-bond acceptors (Lipinski definition) is 3. The Hall–Kier alpha value is -1.22. The molecular formula is C17H27NO2. The van der Waals surface area contributed by atoms with E-state index >= 15 is 0 Å². The zero-order chi connectivity index (χ0) is 14.8. The predicted molar refractivity (Wildman–Crippen MR) is 83.4 cm³/mol. The van der Waals surface area contributed by atoms with Gasteiger partial charge in [-0.25, -0.2) is 0 Å². The Balaban J connectivity index is 2.04. The van der Waals surface area contributed by atoms with Gasteiger partial charge < -0.3 is 14.8 Å². The van der Waals surface area contributed by atoms with Crippen LogP contribution in [0.5, 0.6) is 5.75 Å². The Morgan fingerprint density at radius 3 is 2.60 bits per heavy atom. The lowest BCUT2D eigenvalue weighted by molar-refractivity contribution is -0.0976. The lowest BCUT2D eigenvalue weighted by atomic mass is 9.64. The van der Waals surface area contributed by atoms with Gasteiger partial charge in [-0.2, -0.15) is 0 Å². The van der Waals surface area contributed by atoms with Crippen LogP contribution in [0.25, 0.3) is 0 Å². The van der Waals surface area contributed by atoms with Crippen molar-refractivity contribution in [3.8, 4) is 5.75 Å². The van der Waals surface area contributed by atoms with E-state index in [0.717, 1.165) is 24.5 Å². The molecule has 1 aromatic rings. The molecule has 1 N–H and O–H groups in total. The largest absolute Gasteiger partial charge is 0.489 e. The quantitative estimate of drug-likeness (QED) is 0.849. The highest BCUT2D eigenvalue weighted by Gasteiger charge is 2.49. The molecule has 2 atom stereocenters. The first-order valence-corrected chi connectivity index (χ1v) is 7.59. The Morgan fingerprint density at radius 1 is 1.30 bits per heavy atom. The maximum atomic E-state index is 5.86. The molecule has 2 unspecified atom stereocenters. The fraction of sp³-hybridized carbons (Fsp3) is 0.647. The van der Waals surface area contributed by atoms with Crippen LogP contribution in [0.3, 0.4) is 0 Å².